The second-order valence-corrected chi connectivity index (χ2v) is 13.6. The second kappa shape index (κ2) is 12.8. The molecule has 6 rings (SSSR count). The Kier molecular flexibility index (Phi) is 8.94. The fourth-order valence-electron chi connectivity index (χ4n) is 7.63. The van der Waals surface area contributed by atoms with Crippen molar-refractivity contribution >= 4 is 34.4 Å². The van der Waals surface area contributed by atoms with Gasteiger partial charge in [0.2, 0.25) is 11.9 Å². The minimum absolute atomic E-state index is 0.128. The molecule has 3 aliphatic rings. The zero-order valence-electron chi connectivity index (χ0n) is 27.0. The molecule has 3 heterocycles. The van der Waals surface area contributed by atoms with E-state index in [4.69, 9.17) is 9.97 Å². The van der Waals surface area contributed by atoms with E-state index in [1.807, 2.05) is 6.20 Å². The summed E-state index contributed by atoms with van der Waals surface area (Å²) in [4.78, 5) is 28.1. The minimum Gasteiger partial charge on any atom is -0.367 e. The van der Waals surface area contributed by atoms with Crippen LogP contribution in [-0.4, -0.2) is 69.0 Å². The molecule has 2 aromatic heterocycles. The number of likely N-dealkylation sites (N-methyl/N-ethyl adjacent to an activating group) is 1. The number of nitrogens with zero attached hydrogens (tertiary/aromatic N) is 5. The number of benzene rings is 1. The van der Waals surface area contributed by atoms with Crippen LogP contribution in [0.3, 0.4) is 0 Å². The maximum Gasteiger partial charge on any atom is 0.225 e. The lowest BCUT2D eigenvalue weighted by Crippen LogP contribution is -2.50. The molecule has 2 aliphatic carbocycles. The molecule has 3 fully saturated rings. The van der Waals surface area contributed by atoms with Crippen molar-refractivity contribution in [2.45, 2.75) is 98.1 Å². The lowest BCUT2D eigenvalue weighted by Gasteiger charge is -2.38. The van der Waals surface area contributed by atoms with Crippen LogP contribution in [0.25, 0.3) is 11.0 Å². The summed E-state index contributed by atoms with van der Waals surface area (Å²) in [6.07, 6.45) is 10.7. The number of amides is 1. The van der Waals surface area contributed by atoms with E-state index in [1.54, 1.807) is 0 Å². The van der Waals surface area contributed by atoms with Crippen LogP contribution in [-0.2, 0) is 4.79 Å². The number of aryl methyl sites for hydroxylation is 3. The average Bonchev–Trinajstić information content (AvgIpc) is 3.39. The maximum absolute atomic E-state index is 13.5. The molecule has 1 aliphatic heterocycles. The molecule has 232 valence electrons. The fourth-order valence-corrected chi connectivity index (χ4v) is 7.63. The third-order valence-corrected chi connectivity index (χ3v) is 10.5. The molecular formula is C35H51N7O. The van der Waals surface area contributed by atoms with Crippen LogP contribution in [0.2, 0.25) is 0 Å². The van der Waals surface area contributed by atoms with Gasteiger partial charge in [0.15, 0.2) is 0 Å². The predicted octanol–water partition coefficient (Wildman–Crippen LogP) is 6.99. The highest BCUT2D eigenvalue weighted by Gasteiger charge is 2.33. The van der Waals surface area contributed by atoms with Gasteiger partial charge in [-0.2, -0.15) is 0 Å². The molecule has 0 spiro atoms. The first-order valence-corrected chi connectivity index (χ1v) is 16.8. The van der Waals surface area contributed by atoms with Gasteiger partial charge in [0.25, 0.3) is 0 Å². The van der Waals surface area contributed by atoms with E-state index in [0.29, 0.717) is 11.9 Å². The number of piperazine rings is 1. The second-order valence-electron chi connectivity index (χ2n) is 13.6. The first-order chi connectivity index (χ1) is 20.8. The lowest BCUT2D eigenvalue weighted by molar-refractivity contribution is -0.138. The van der Waals surface area contributed by atoms with Crippen molar-refractivity contribution in [3.63, 3.8) is 0 Å². The smallest absolute Gasteiger partial charge is 0.225 e. The van der Waals surface area contributed by atoms with Crippen molar-refractivity contribution in [1.82, 2.24) is 24.3 Å². The van der Waals surface area contributed by atoms with E-state index in [-0.39, 0.29) is 12.0 Å². The van der Waals surface area contributed by atoms with E-state index in [2.05, 4.69) is 77.8 Å². The first-order valence-electron chi connectivity index (χ1n) is 16.8. The SMILES string of the molecule is CCN1CCN(C(=O)C2CCC(n3c(Nc4ccc(C)cc4C)nc4cnc(NC5CCC(C)CC5)c(C)c43)CC2)CC1. The van der Waals surface area contributed by atoms with Crippen molar-refractivity contribution in [3.05, 3.63) is 41.1 Å². The monoisotopic (exact) mass is 585 g/mol. The number of aromatic nitrogens is 3. The standard InChI is InChI=1S/C35H51N7O/c1-6-40-17-19-41(20-18-40)34(43)27-10-14-29(15-11-27)42-32-26(5)33(37-28-12-7-23(2)8-13-28)36-22-31(32)39-35(42)38-30-16-9-24(3)21-25(30)4/h9,16,21-23,27-29H,6-8,10-15,17-20H2,1-5H3,(H,36,37)(H,38,39). The number of carbonyl (C=O) groups is 1. The van der Waals surface area contributed by atoms with Crippen LogP contribution in [0, 0.1) is 32.6 Å². The fraction of sp³-hybridized carbons (Fsp3) is 0.629. The average molecular weight is 586 g/mol. The molecule has 1 amide bonds. The number of fused-ring (bicyclic) bond motifs is 1. The number of nitrogens with one attached hydrogen (secondary N) is 2. The molecule has 0 bridgehead atoms. The number of anilines is 3. The molecule has 0 atom stereocenters. The van der Waals surface area contributed by atoms with Gasteiger partial charge in [-0.05, 0) is 96.2 Å². The highest BCUT2D eigenvalue weighted by atomic mass is 16.2. The van der Waals surface area contributed by atoms with E-state index >= 15 is 0 Å². The highest BCUT2D eigenvalue weighted by molar-refractivity contribution is 5.86. The molecule has 0 unspecified atom stereocenters. The summed E-state index contributed by atoms with van der Waals surface area (Å²) in [7, 11) is 0. The summed E-state index contributed by atoms with van der Waals surface area (Å²) in [5, 5.41) is 7.51. The third kappa shape index (κ3) is 6.40. The molecule has 8 heteroatoms. The largest absolute Gasteiger partial charge is 0.367 e. The summed E-state index contributed by atoms with van der Waals surface area (Å²) in [6.45, 7) is 15.8. The van der Waals surface area contributed by atoms with Crippen LogP contribution in [0.15, 0.2) is 24.4 Å². The van der Waals surface area contributed by atoms with Crippen LogP contribution in [0.1, 0.15) is 87.9 Å². The van der Waals surface area contributed by atoms with Crippen molar-refractivity contribution in [3.8, 4) is 0 Å². The van der Waals surface area contributed by atoms with Crippen LogP contribution in [0.4, 0.5) is 17.5 Å². The Hall–Kier alpha value is -3.13. The molecule has 1 aromatic carbocycles. The minimum atomic E-state index is 0.128. The predicted molar refractivity (Wildman–Crippen MR) is 176 cm³/mol. The zero-order valence-corrected chi connectivity index (χ0v) is 27.0. The summed E-state index contributed by atoms with van der Waals surface area (Å²) < 4.78 is 2.44. The summed E-state index contributed by atoms with van der Waals surface area (Å²) in [5.41, 5.74) is 6.81. The number of carbonyl (C=O) groups excluding carboxylic acids is 1. The van der Waals surface area contributed by atoms with Crippen LogP contribution >= 0.6 is 0 Å². The molecule has 3 aromatic rings. The number of pyridine rings is 1. The Bertz CT molecular complexity index is 1420. The van der Waals surface area contributed by atoms with Gasteiger partial charge >= 0.3 is 0 Å². The summed E-state index contributed by atoms with van der Waals surface area (Å²) >= 11 is 0. The van der Waals surface area contributed by atoms with Crippen molar-refractivity contribution in [1.29, 1.82) is 0 Å². The quantitative estimate of drug-likeness (QED) is 0.311. The van der Waals surface area contributed by atoms with Gasteiger partial charge in [-0.1, -0.05) is 31.5 Å². The van der Waals surface area contributed by atoms with Gasteiger partial charge < -0.3 is 25.0 Å². The summed E-state index contributed by atoms with van der Waals surface area (Å²) in [6, 6.07) is 7.28. The number of imidazole rings is 1. The Labute approximate surface area is 257 Å². The Morgan fingerprint density at radius 3 is 2.35 bits per heavy atom. The molecule has 2 N–H and O–H groups in total. The zero-order chi connectivity index (χ0) is 30.1. The van der Waals surface area contributed by atoms with Crippen molar-refractivity contribution < 1.29 is 4.79 Å². The van der Waals surface area contributed by atoms with Gasteiger partial charge in [-0.25, -0.2) is 9.97 Å². The number of hydrogen-bond acceptors (Lipinski definition) is 6. The van der Waals surface area contributed by atoms with Crippen molar-refractivity contribution in [2.75, 3.05) is 43.4 Å². The highest BCUT2D eigenvalue weighted by Crippen LogP contribution is 2.40. The normalized spacial score (nSPS) is 25.2. The molecule has 1 saturated heterocycles. The molecule has 2 saturated carbocycles. The van der Waals surface area contributed by atoms with Gasteiger partial charge in [0.05, 0.1) is 11.7 Å². The van der Waals surface area contributed by atoms with E-state index in [0.717, 1.165) is 87.3 Å². The lowest BCUT2D eigenvalue weighted by atomic mass is 9.84. The maximum atomic E-state index is 13.5. The number of rotatable bonds is 7. The van der Waals surface area contributed by atoms with E-state index in [9.17, 15) is 4.79 Å². The van der Waals surface area contributed by atoms with Crippen LogP contribution < -0.4 is 10.6 Å². The van der Waals surface area contributed by atoms with Gasteiger partial charge in [-0.15, -0.1) is 0 Å². The molecule has 8 nitrogen and oxygen atoms in total. The number of hydrogen-bond donors (Lipinski definition) is 2. The first kappa shape index (κ1) is 29.9. The van der Waals surface area contributed by atoms with Gasteiger partial charge in [0.1, 0.15) is 11.3 Å². The van der Waals surface area contributed by atoms with Crippen molar-refractivity contribution in [2.24, 2.45) is 11.8 Å². The Morgan fingerprint density at radius 1 is 0.953 bits per heavy atom. The third-order valence-electron chi connectivity index (χ3n) is 10.5. The van der Waals surface area contributed by atoms with Gasteiger partial charge in [0, 0.05) is 55.4 Å². The summed E-state index contributed by atoms with van der Waals surface area (Å²) in [5.74, 6) is 3.18. The Morgan fingerprint density at radius 2 is 1.67 bits per heavy atom. The molecule has 0 radical (unpaired) electrons. The van der Waals surface area contributed by atoms with E-state index in [1.165, 1.54) is 47.9 Å². The van der Waals surface area contributed by atoms with Crippen LogP contribution in [0.5, 0.6) is 0 Å². The molecular weight excluding hydrogens is 534 g/mol. The van der Waals surface area contributed by atoms with Gasteiger partial charge in [-0.3, -0.25) is 4.79 Å². The Balaban J connectivity index is 1.27. The molecule has 43 heavy (non-hydrogen) atoms. The van der Waals surface area contributed by atoms with E-state index < -0.39 is 0 Å². The topological polar surface area (TPSA) is 78.3 Å².